The van der Waals surface area contributed by atoms with Gasteiger partial charge in [-0.25, -0.2) is 0 Å². The fourth-order valence-corrected chi connectivity index (χ4v) is 2.44. The molecule has 0 spiro atoms. The van der Waals surface area contributed by atoms with Crippen LogP contribution in [0.15, 0.2) is 11.6 Å². The number of rotatable bonds is 3. The second-order valence-electron chi connectivity index (χ2n) is 3.32. The van der Waals surface area contributed by atoms with Gasteiger partial charge in [0.05, 0.1) is 5.60 Å². The van der Waals surface area contributed by atoms with E-state index in [0.29, 0.717) is 5.03 Å². The van der Waals surface area contributed by atoms with Crippen molar-refractivity contribution in [2.24, 2.45) is 0 Å². The Hall–Kier alpha value is 0.470. The minimum Gasteiger partial charge on any atom is -0.374 e. The minimum absolute atomic E-state index is 0.0723. The summed E-state index contributed by atoms with van der Waals surface area (Å²) >= 11 is 9.26. The maximum atomic E-state index is 5.78. The van der Waals surface area contributed by atoms with E-state index in [4.69, 9.17) is 16.3 Å². The highest BCUT2D eigenvalue weighted by Gasteiger charge is 2.32. The molecule has 0 bridgehead atoms. The zero-order valence-electron chi connectivity index (χ0n) is 7.11. The molecule has 1 heterocycles. The van der Waals surface area contributed by atoms with Crippen LogP contribution in [0, 0.1) is 0 Å². The first kappa shape index (κ1) is 10.6. The third kappa shape index (κ3) is 2.75. The van der Waals surface area contributed by atoms with E-state index in [0.717, 1.165) is 24.8 Å². The highest BCUT2D eigenvalue weighted by atomic mass is 79.9. The molecule has 0 aromatic rings. The first-order valence-electron chi connectivity index (χ1n) is 4.22. The Bertz CT molecular complexity index is 164. The molecule has 1 saturated heterocycles. The van der Waals surface area contributed by atoms with Crippen molar-refractivity contribution >= 4 is 27.5 Å². The lowest BCUT2D eigenvalue weighted by atomic mass is 9.92. The van der Waals surface area contributed by atoms with E-state index in [-0.39, 0.29) is 5.60 Å². The van der Waals surface area contributed by atoms with Crippen LogP contribution in [0.2, 0.25) is 0 Å². The summed E-state index contributed by atoms with van der Waals surface area (Å²) in [6, 6.07) is 0. The Morgan fingerprint density at radius 1 is 1.58 bits per heavy atom. The Kier molecular flexibility index (Phi) is 4.08. The highest BCUT2D eigenvalue weighted by Crippen LogP contribution is 2.33. The molecule has 0 aromatic carbocycles. The van der Waals surface area contributed by atoms with Gasteiger partial charge in [0.1, 0.15) is 0 Å². The van der Waals surface area contributed by atoms with E-state index in [1.54, 1.807) is 0 Å². The Morgan fingerprint density at radius 3 is 2.75 bits per heavy atom. The Morgan fingerprint density at radius 2 is 2.33 bits per heavy atom. The molecule has 1 nitrogen and oxygen atoms in total. The second-order valence-corrected chi connectivity index (χ2v) is 4.41. The first-order chi connectivity index (χ1) is 5.68. The van der Waals surface area contributed by atoms with Crippen molar-refractivity contribution in [3.05, 3.63) is 11.6 Å². The van der Waals surface area contributed by atoms with E-state index < -0.39 is 0 Å². The van der Waals surface area contributed by atoms with Gasteiger partial charge in [-0.1, -0.05) is 34.1 Å². The second kappa shape index (κ2) is 4.64. The SMILES string of the molecule is C=C(Cl)CC1(CBr)CCCCO1. The van der Waals surface area contributed by atoms with Gasteiger partial charge in [-0.15, -0.1) is 0 Å². The maximum absolute atomic E-state index is 5.78. The molecular weight excluding hydrogens is 239 g/mol. The van der Waals surface area contributed by atoms with Gasteiger partial charge in [-0.05, 0) is 19.3 Å². The molecule has 3 heteroatoms. The van der Waals surface area contributed by atoms with Crippen molar-refractivity contribution in [1.82, 2.24) is 0 Å². The fraction of sp³-hybridized carbons (Fsp3) is 0.778. The van der Waals surface area contributed by atoms with Gasteiger partial charge < -0.3 is 4.74 Å². The summed E-state index contributed by atoms with van der Waals surface area (Å²) in [6.45, 7) is 4.56. The van der Waals surface area contributed by atoms with Crippen LogP contribution in [0.5, 0.6) is 0 Å². The molecule has 1 aliphatic heterocycles. The van der Waals surface area contributed by atoms with E-state index >= 15 is 0 Å². The van der Waals surface area contributed by atoms with Crippen LogP contribution >= 0.6 is 27.5 Å². The van der Waals surface area contributed by atoms with Gasteiger partial charge >= 0.3 is 0 Å². The van der Waals surface area contributed by atoms with Crippen molar-refractivity contribution in [3.63, 3.8) is 0 Å². The predicted octanol–water partition coefficient (Wildman–Crippen LogP) is 3.46. The quantitative estimate of drug-likeness (QED) is 0.700. The largest absolute Gasteiger partial charge is 0.374 e. The molecule has 0 radical (unpaired) electrons. The molecule has 1 atom stereocenters. The molecule has 1 aliphatic rings. The number of hydrogen-bond donors (Lipinski definition) is 0. The zero-order chi connectivity index (χ0) is 9.03. The summed E-state index contributed by atoms with van der Waals surface area (Å²) in [7, 11) is 0. The van der Waals surface area contributed by atoms with Gasteiger partial charge in [-0.3, -0.25) is 0 Å². The average molecular weight is 254 g/mol. The van der Waals surface area contributed by atoms with Gasteiger partial charge in [0.15, 0.2) is 0 Å². The van der Waals surface area contributed by atoms with Crippen molar-refractivity contribution in [1.29, 1.82) is 0 Å². The summed E-state index contributed by atoms with van der Waals surface area (Å²) in [5.74, 6) is 0. The third-order valence-corrected chi connectivity index (χ3v) is 3.35. The summed E-state index contributed by atoms with van der Waals surface area (Å²) < 4.78 is 5.73. The Labute approximate surface area is 87.2 Å². The van der Waals surface area contributed by atoms with Crippen LogP contribution in [-0.4, -0.2) is 17.5 Å². The maximum Gasteiger partial charge on any atom is 0.0827 e. The van der Waals surface area contributed by atoms with Crippen LogP contribution in [0.4, 0.5) is 0 Å². The van der Waals surface area contributed by atoms with Crippen LogP contribution < -0.4 is 0 Å². The summed E-state index contributed by atoms with van der Waals surface area (Å²) in [4.78, 5) is 0. The van der Waals surface area contributed by atoms with Gasteiger partial charge in [0.25, 0.3) is 0 Å². The van der Waals surface area contributed by atoms with Crippen LogP contribution in [-0.2, 0) is 4.74 Å². The number of halogens is 2. The average Bonchev–Trinajstić information content (AvgIpc) is 2.05. The van der Waals surface area contributed by atoms with Gasteiger partial charge in [0.2, 0.25) is 0 Å². The molecule has 0 amide bonds. The van der Waals surface area contributed by atoms with E-state index in [9.17, 15) is 0 Å². The predicted molar refractivity (Wildman–Crippen MR) is 55.9 cm³/mol. The molecule has 0 N–H and O–H groups in total. The van der Waals surface area contributed by atoms with Crippen LogP contribution in [0.1, 0.15) is 25.7 Å². The monoisotopic (exact) mass is 252 g/mol. The topological polar surface area (TPSA) is 9.23 Å². The normalized spacial score (nSPS) is 30.2. The van der Waals surface area contributed by atoms with Crippen LogP contribution in [0.25, 0.3) is 0 Å². The number of hydrogen-bond acceptors (Lipinski definition) is 1. The summed E-state index contributed by atoms with van der Waals surface area (Å²) in [5, 5.41) is 1.54. The van der Waals surface area contributed by atoms with Crippen LogP contribution in [0.3, 0.4) is 0 Å². The van der Waals surface area contributed by atoms with Crippen molar-refractivity contribution in [3.8, 4) is 0 Å². The van der Waals surface area contributed by atoms with Gasteiger partial charge in [0, 0.05) is 23.4 Å². The molecule has 1 rings (SSSR count). The van der Waals surface area contributed by atoms with E-state index in [1.807, 2.05) is 0 Å². The number of alkyl halides is 1. The molecular formula is C9H14BrClO. The minimum atomic E-state index is -0.0723. The molecule has 1 fully saturated rings. The standard InChI is InChI=1S/C9H14BrClO/c1-8(11)6-9(7-10)4-2-3-5-12-9/h1-7H2. The lowest BCUT2D eigenvalue weighted by molar-refractivity contribution is -0.0586. The smallest absolute Gasteiger partial charge is 0.0827 e. The lowest BCUT2D eigenvalue weighted by Gasteiger charge is -2.35. The van der Waals surface area contributed by atoms with E-state index in [2.05, 4.69) is 22.5 Å². The van der Waals surface area contributed by atoms with Crippen molar-refractivity contribution in [2.75, 3.05) is 11.9 Å². The molecule has 12 heavy (non-hydrogen) atoms. The zero-order valence-corrected chi connectivity index (χ0v) is 9.46. The van der Waals surface area contributed by atoms with Crippen molar-refractivity contribution in [2.45, 2.75) is 31.3 Å². The molecule has 0 saturated carbocycles. The molecule has 0 aromatic heterocycles. The lowest BCUT2D eigenvalue weighted by Crippen LogP contribution is -2.38. The third-order valence-electron chi connectivity index (χ3n) is 2.19. The van der Waals surface area contributed by atoms with E-state index in [1.165, 1.54) is 12.8 Å². The summed E-state index contributed by atoms with van der Waals surface area (Å²) in [5.41, 5.74) is -0.0723. The first-order valence-corrected chi connectivity index (χ1v) is 5.72. The Balaban J connectivity index is 2.53. The molecule has 70 valence electrons. The molecule has 1 unspecified atom stereocenters. The number of ether oxygens (including phenoxy) is 1. The fourth-order valence-electron chi connectivity index (χ4n) is 1.55. The van der Waals surface area contributed by atoms with Crippen molar-refractivity contribution < 1.29 is 4.74 Å². The molecule has 0 aliphatic carbocycles. The summed E-state index contributed by atoms with van der Waals surface area (Å²) in [6.07, 6.45) is 4.25. The highest BCUT2D eigenvalue weighted by molar-refractivity contribution is 9.09. The van der Waals surface area contributed by atoms with Gasteiger partial charge in [-0.2, -0.15) is 0 Å².